The Morgan fingerprint density at radius 2 is 0.724 bits per heavy atom. The molecule has 0 aliphatic carbocycles. The van der Waals surface area contributed by atoms with Gasteiger partial charge in [0.15, 0.2) is 0 Å². The van der Waals surface area contributed by atoms with Gasteiger partial charge in [-0.3, -0.25) is 0 Å². The average molecular weight is 364 g/mol. The Balaban J connectivity index is 1.37. The third-order valence-electron chi connectivity index (χ3n) is 7.48. The molecule has 0 saturated heterocycles. The summed E-state index contributed by atoms with van der Waals surface area (Å²) < 4.78 is 0. The highest BCUT2D eigenvalue weighted by Gasteiger charge is 2.60. The van der Waals surface area contributed by atoms with E-state index in [0.717, 1.165) is 0 Å². The maximum Gasteiger partial charge on any atom is 0.214 e. The largest absolute Gasteiger partial charge is 0.214 e. The summed E-state index contributed by atoms with van der Waals surface area (Å²) in [5.74, 6) is 0.517. The van der Waals surface area contributed by atoms with Gasteiger partial charge in [-0.1, -0.05) is 147 Å². The van der Waals surface area contributed by atoms with E-state index in [-0.39, 0.29) is 0 Å². The van der Waals surface area contributed by atoms with Crippen molar-refractivity contribution in [2.45, 2.75) is 11.5 Å². The zero-order valence-electron chi connectivity index (χ0n) is 16.2. The zero-order chi connectivity index (χ0) is 18.9. The summed E-state index contributed by atoms with van der Waals surface area (Å²) in [5.41, 5.74) is 11.5. The van der Waals surface area contributed by atoms with Crippen LogP contribution >= 0.6 is 0 Å². The van der Waals surface area contributed by atoms with Gasteiger partial charge in [0.25, 0.3) is 0 Å². The standard InChI is InChI=1S/C26H19B3/c1-2-10-18(11-3-1)25(27-19-12-4-5-13-20(19)27)26(28-21-14-6-7-15-22(21)28)29-23-16-8-9-17-24(23)29/h1-17,25-26H. The third kappa shape index (κ3) is 2.31. The van der Waals surface area contributed by atoms with Crippen LogP contribution in [-0.4, -0.2) is 20.1 Å². The van der Waals surface area contributed by atoms with Crippen molar-refractivity contribution in [3.63, 3.8) is 0 Å². The average Bonchev–Trinajstić information content (AvgIpc) is 3.70. The van der Waals surface area contributed by atoms with Crippen molar-refractivity contribution in [2.24, 2.45) is 0 Å². The summed E-state index contributed by atoms with van der Waals surface area (Å²) >= 11 is 0. The van der Waals surface area contributed by atoms with Gasteiger partial charge in [-0.05, 0) is 5.82 Å². The van der Waals surface area contributed by atoms with Crippen LogP contribution in [0.15, 0.2) is 103 Å². The van der Waals surface area contributed by atoms with Gasteiger partial charge < -0.3 is 0 Å². The Morgan fingerprint density at radius 3 is 1.14 bits per heavy atom. The van der Waals surface area contributed by atoms with Crippen LogP contribution in [0.3, 0.4) is 0 Å². The van der Waals surface area contributed by atoms with E-state index >= 15 is 0 Å². The predicted octanol–water partition coefficient (Wildman–Crippen LogP) is 1.09. The number of fused-ring (bicyclic) bond motifs is 3. The molecule has 0 fully saturated rings. The molecule has 3 aliphatic rings. The quantitative estimate of drug-likeness (QED) is 0.466. The van der Waals surface area contributed by atoms with E-state index in [9.17, 15) is 0 Å². The van der Waals surface area contributed by atoms with Gasteiger partial charge in [-0.15, -0.1) is 0 Å². The van der Waals surface area contributed by atoms with Gasteiger partial charge in [-0.2, -0.15) is 0 Å². The number of benzene rings is 4. The summed E-state index contributed by atoms with van der Waals surface area (Å²) in [6, 6.07) is 38.6. The molecule has 3 heteroatoms. The van der Waals surface area contributed by atoms with Gasteiger partial charge in [0.05, 0.1) is 0 Å². The van der Waals surface area contributed by atoms with Crippen molar-refractivity contribution in [3.8, 4) is 0 Å². The third-order valence-corrected chi connectivity index (χ3v) is 7.48. The molecule has 4 aromatic carbocycles. The van der Waals surface area contributed by atoms with Crippen molar-refractivity contribution in [1.29, 1.82) is 0 Å². The molecule has 3 heterocycles. The molecule has 3 aliphatic heterocycles. The van der Waals surface area contributed by atoms with Crippen LogP contribution < -0.4 is 32.8 Å². The van der Waals surface area contributed by atoms with Gasteiger partial charge >= 0.3 is 0 Å². The summed E-state index contributed by atoms with van der Waals surface area (Å²) in [4.78, 5) is 0. The van der Waals surface area contributed by atoms with E-state index in [1.54, 1.807) is 32.8 Å². The molecule has 0 N–H and O–H groups in total. The van der Waals surface area contributed by atoms with E-state index in [1.165, 1.54) is 5.56 Å². The molecule has 4 aromatic rings. The fraction of sp³-hybridized carbons (Fsp3) is 0.0769. The molecule has 0 spiro atoms. The van der Waals surface area contributed by atoms with Crippen LogP contribution in [0.5, 0.6) is 0 Å². The minimum Gasteiger partial charge on any atom is -0.0796 e. The molecule has 7 rings (SSSR count). The zero-order valence-corrected chi connectivity index (χ0v) is 16.2. The van der Waals surface area contributed by atoms with Crippen molar-refractivity contribution in [1.82, 2.24) is 0 Å². The molecule has 0 saturated carbocycles. The fourth-order valence-electron chi connectivity index (χ4n) is 6.12. The maximum absolute atomic E-state index is 2.36. The highest BCUT2D eigenvalue weighted by atomic mass is 14.3. The van der Waals surface area contributed by atoms with Crippen LogP contribution in [0.2, 0.25) is 5.72 Å². The monoisotopic (exact) mass is 364 g/mol. The van der Waals surface area contributed by atoms with E-state index in [0.29, 0.717) is 31.7 Å². The molecular weight excluding hydrogens is 345 g/mol. The molecule has 0 nitrogen and oxygen atoms in total. The van der Waals surface area contributed by atoms with E-state index < -0.39 is 0 Å². The normalized spacial score (nSPS) is 15.6. The van der Waals surface area contributed by atoms with Crippen LogP contribution in [0.25, 0.3) is 0 Å². The second kappa shape index (κ2) is 5.80. The predicted molar refractivity (Wildman–Crippen MR) is 127 cm³/mol. The number of rotatable bonds is 5. The summed E-state index contributed by atoms with van der Waals surface area (Å²) in [6.07, 6.45) is 0. The molecular formula is C26H19B3. The Hall–Kier alpha value is -2.93. The molecule has 0 radical (unpaired) electrons. The summed E-state index contributed by atoms with van der Waals surface area (Å²) in [6.45, 7) is 1.74. The smallest absolute Gasteiger partial charge is 0.0796 e. The van der Waals surface area contributed by atoms with Gasteiger partial charge in [0.1, 0.15) is 0 Å². The number of hydrogen-bond donors (Lipinski definition) is 0. The fourth-order valence-corrected chi connectivity index (χ4v) is 6.12. The minimum atomic E-state index is 0.517. The van der Waals surface area contributed by atoms with Gasteiger partial charge in [0.2, 0.25) is 20.1 Å². The molecule has 1 unspecified atom stereocenters. The molecule has 1 atom stereocenters. The SMILES string of the molecule is c1ccc(C(B2c3ccccc32)C(B2c3ccccc32)B2c3ccccc32)cc1. The second-order valence-electron chi connectivity index (χ2n) is 8.83. The van der Waals surface area contributed by atoms with E-state index in [1.807, 2.05) is 0 Å². The first-order valence-corrected chi connectivity index (χ1v) is 10.7. The summed E-state index contributed by atoms with van der Waals surface area (Å²) in [7, 11) is 0. The first-order valence-electron chi connectivity index (χ1n) is 10.7. The highest BCUT2D eigenvalue weighted by molar-refractivity contribution is 7.19. The van der Waals surface area contributed by atoms with Crippen molar-refractivity contribution in [3.05, 3.63) is 109 Å². The van der Waals surface area contributed by atoms with E-state index in [4.69, 9.17) is 0 Å². The number of hydrogen-bond acceptors (Lipinski definition) is 0. The molecule has 0 amide bonds. The van der Waals surface area contributed by atoms with Crippen LogP contribution in [0.1, 0.15) is 11.4 Å². The van der Waals surface area contributed by atoms with Crippen molar-refractivity contribution in [2.75, 3.05) is 0 Å². The molecule has 29 heavy (non-hydrogen) atoms. The van der Waals surface area contributed by atoms with Crippen molar-refractivity contribution < 1.29 is 0 Å². The van der Waals surface area contributed by atoms with Crippen molar-refractivity contribution >= 4 is 52.9 Å². The Morgan fingerprint density at radius 1 is 0.379 bits per heavy atom. The Labute approximate surface area is 173 Å². The Kier molecular flexibility index (Phi) is 3.18. The second-order valence-corrected chi connectivity index (χ2v) is 8.83. The topological polar surface area (TPSA) is 0 Å². The molecule has 132 valence electrons. The first-order chi connectivity index (χ1) is 14.4. The lowest BCUT2D eigenvalue weighted by atomic mass is 9.23. The van der Waals surface area contributed by atoms with Gasteiger partial charge in [-0.25, -0.2) is 0 Å². The maximum atomic E-state index is 2.36. The first kappa shape index (κ1) is 15.9. The van der Waals surface area contributed by atoms with Gasteiger partial charge in [0, 0.05) is 0 Å². The molecule has 0 aromatic heterocycles. The van der Waals surface area contributed by atoms with E-state index in [2.05, 4.69) is 103 Å². The lowest BCUT2D eigenvalue weighted by molar-refractivity contribution is 0.990. The minimum absolute atomic E-state index is 0.517. The summed E-state index contributed by atoms with van der Waals surface area (Å²) in [5, 5.41) is 0. The lowest BCUT2D eigenvalue weighted by Crippen LogP contribution is -2.39. The Bertz CT molecular complexity index is 1130. The van der Waals surface area contributed by atoms with Crippen LogP contribution in [0, 0.1) is 0 Å². The van der Waals surface area contributed by atoms with Crippen LogP contribution in [0.4, 0.5) is 0 Å². The molecule has 0 bridgehead atoms. The van der Waals surface area contributed by atoms with Crippen LogP contribution in [-0.2, 0) is 0 Å². The lowest BCUT2D eigenvalue weighted by Gasteiger charge is -2.26. The highest BCUT2D eigenvalue weighted by Crippen LogP contribution is 2.42.